The highest BCUT2D eigenvalue weighted by Gasteiger charge is 2.22. The molecule has 0 saturated carbocycles. The molecule has 1 amide bonds. The molecule has 1 aromatic rings. The Morgan fingerprint density at radius 3 is 2.89 bits per heavy atom. The number of hydrogen-bond donors (Lipinski definition) is 2. The molecule has 0 radical (unpaired) electrons. The number of nitrogens with zero attached hydrogens (tertiary/aromatic N) is 2. The van der Waals surface area contributed by atoms with Gasteiger partial charge in [-0.15, -0.1) is 0 Å². The highest BCUT2D eigenvalue weighted by atomic mass is 16.6. The van der Waals surface area contributed by atoms with E-state index in [2.05, 4.69) is 10.6 Å². The maximum atomic E-state index is 11.0. The molecule has 7 heteroatoms. The van der Waals surface area contributed by atoms with Crippen molar-refractivity contribution in [3.63, 3.8) is 0 Å². The smallest absolute Gasteiger partial charge is 0.287 e. The van der Waals surface area contributed by atoms with Crippen LogP contribution in [0, 0.1) is 21.4 Å². The first kappa shape index (κ1) is 11.9. The maximum Gasteiger partial charge on any atom is 0.287 e. The lowest BCUT2D eigenvalue weighted by atomic mass is 10.1. The van der Waals surface area contributed by atoms with Crippen LogP contribution in [-0.2, 0) is 4.79 Å². The van der Waals surface area contributed by atoms with E-state index in [-0.39, 0.29) is 23.2 Å². The molecule has 2 N–H and O–H groups in total. The van der Waals surface area contributed by atoms with Crippen molar-refractivity contribution in [1.29, 1.82) is 5.26 Å². The van der Waals surface area contributed by atoms with Crippen LogP contribution in [0.5, 0.6) is 0 Å². The molecule has 0 spiro atoms. The summed E-state index contributed by atoms with van der Waals surface area (Å²) in [7, 11) is 0. The van der Waals surface area contributed by atoms with Gasteiger partial charge in [-0.2, -0.15) is 5.26 Å². The zero-order chi connectivity index (χ0) is 13.1. The van der Waals surface area contributed by atoms with Gasteiger partial charge in [0.25, 0.3) is 5.69 Å². The molecule has 7 nitrogen and oxygen atoms in total. The Balaban J connectivity index is 2.18. The summed E-state index contributed by atoms with van der Waals surface area (Å²) in [6, 6.07) is 5.97. The highest BCUT2D eigenvalue weighted by molar-refractivity contribution is 5.79. The number of nitro groups is 1. The maximum absolute atomic E-state index is 11.0. The third-order valence-electron chi connectivity index (χ3n) is 2.66. The molecule has 1 aliphatic rings. The third kappa shape index (κ3) is 2.38. The Morgan fingerprint density at radius 1 is 1.56 bits per heavy atom. The normalized spacial score (nSPS) is 17.9. The van der Waals surface area contributed by atoms with Crippen molar-refractivity contribution in [2.24, 2.45) is 0 Å². The van der Waals surface area contributed by atoms with E-state index < -0.39 is 4.92 Å². The van der Waals surface area contributed by atoms with Crippen LogP contribution in [0.2, 0.25) is 0 Å². The number of amides is 1. The van der Waals surface area contributed by atoms with Crippen LogP contribution >= 0.6 is 0 Å². The molecule has 0 aromatic heterocycles. The number of anilines is 1. The molecule has 1 heterocycles. The van der Waals surface area contributed by atoms with Gasteiger partial charge in [0.2, 0.25) is 5.91 Å². The molecular weight excluding hydrogens is 236 g/mol. The molecule has 0 bridgehead atoms. The first-order valence-corrected chi connectivity index (χ1v) is 5.32. The van der Waals surface area contributed by atoms with Crippen molar-refractivity contribution in [2.75, 3.05) is 11.9 Å². The first-order valence-electron chi connectivity index (χ1n) is 5.32. The van der Waals surface area contributed by atoms with E-state index in [1.807, 2.05) is 0 Å². The standard InChI is InChI=1S/C11H10N4O3/c12-5-7-3-8(1-2-10(7)15(17)18)14-9-4-11(16)13-6-9/h1-3,9,14H,4,6H2,(H,13,16). The van der Waals surface area contributed by atoms with Crippen LogP contribution in [0.15, 0.2) is 18.2 Å². The number of carbonyl (C=O) groups excluding carboxylic acids is 1. The van der Waals surface area contributed by atoms with Crippen LogP contribution in [0.4, 0.5) is 11.4 Å². The zero-order valence-electron chi connectivity index (χ0n) is 9.34. The van der Waals surface area contributed by atoms with Crippen molar-refractivity contribution >= 4 is 17.3 Å². The summed E-state index contributed by atoms with van der Waals surface area (Å²) in [5.74, 6) is -0.0325. The average Bonchev–Trinajstić information content (AvgIpc) is 2.74. The first-order chi connectivity index (χ1) is 8.60. The monoisotopic (exact) mass is 246 g/mol. The Kier molecular flexibility index (Phi) is 3.10. The lowest BCUT2D eigenvalue weighted by molar-refractivity contribution is -0.385. The summed E-state index contributed by atoms with van der Waals surface area (Å²) in [5.41, 5.74) is 0.379. The van der Waals surface area contributed by atoms with E-state index in [9.17, 15) is 14.9 Å². The van der Waals surface area contributed by atoms with Gasteiger partial charge in [-0.05, 0) is 12.1 Å². The fourth-order valence-electron chi connectivity index (χ4n) is 1.82. The van der Waals surface area contributed by atoms with Crippen molar-refractivity contribution in [1.82, 2.24) is 5.32 Å². The van der Waals surface area contributed by atoms with Crippen LogP contribution < -0.4 is 10.6 Å². The summed E-state index contributed by atoms with van der Waals surface area (Å²) in [6.07, 6.45) is 0.360. The summed E-state index contributed by atoms with van der Waals surface area (Å²) in [4.78, 5) is 21.1. The molecule has 0 aliphatic carbocycles. The number of nitrogens with one attached hydrogen (secondary N) is 2. The van der Waals surface area contributed by atoms with Crippen molar-refractivity contribution < 1.29 is 9.72 Å². The molecule has 1 atom stereocenters. The number of nitriles is 1. The number of nitro benzene ring substituents is 1. The molecule has 1 unspecified atom stereocenters. The minimum Gasteiger partial charge on any atom is -0.380 e. The van der Waals surface area contributed by atoms with Crippen LogP contribution in [0.3, 0.4) is 0 Å². The zero-order valence-corrected chi connectivity index (χ0v) is 9.34. The summed E-state index contributed by atoms with van der Waals surface area (Å²) >= 11 is 0. The average molecular weight is 246 g/mol. The SMILES string of the molecule is N#Cc1cc(NC2CNC(=O)C2)ccc1[N+](=O)[O-]. The fraction of sp³-hybridized carbons (Fsp3) is 0.273. The van der Waals surface area contributed by atoms with Crippen molar-refractivity contribution in [3.05, 3.63) is 33.9 Å². The highest BCUT2D eigenvalue weighted by Crippen LogP contribution is 2.22. The van der Waals surface area contributed by atoms with Gasteiger partial charge in [0, 0.05) is 24.7 Å². The number of benzene rings is 1. The van der Waals surface area contributed by atoms with Crippen LogP contribution in [0.1, 0.15) is 12.0 Å². The van der Waals surface area contributed by atoms with Gasteiger partial charge in [-0.3, -0.25) is 14.9 Å². The quantitative estimate of drug-likeness (QED) is 0.604. The van der Waals surface area contributed by atoms with E-state index in [1.54, 1.807) is 6.07 Å². The number of hydrogen-bond acceptors (Lipinski definition) is 5. The summed E-state index contributed by atoms with van der Waals surface area (Å²) in [5, 5.41) is 25.2. The number of carbonyl (C=O) groups is 1. The van der Waals surface area contributed by atoms with Crippen molar-refractivity contribution in [3.8, 4) is 6.07 Å². The Morgan fingerprint density at radius 2 is 2.33 bits per heavy atom. The summed E-state index contributed by atoms with van der Waals surface area (Å²) < 4.78 is 0. The molecule has 1 saturated heterocycles. The molecule has 1 aliphatic heterocycles. The predicted molar refractivity (Wildman–Crippen MR) is 62.8 cm³/mol. The Labute approximate surface area is 103 Å². The second-order valence-electron chi connectivity index (χ2n) is 3.95. The van der Waals surface area contributed by atoms with Crippen molar-refractivity contribution in [2.45, 2.75) is 12.5 Å². The van der Waals surface area contributed by atoms with Gasteiger partial charge >= 0.3 is 0 Å². The summed E-state index contributed by atoms with van der Waals surface area (Å²) in [6.45, 7) is 0.512. The Hall–Kier alpha value is -2.62. The van der Waals surface area contributed by atoms with Gasteiger partial charge in [0.1, 0.15) is 11.6 Å². The van der Waals surface area contributed by atoms with Crippen LogP contribution in [0.25, 0.3) is 0 Å². The second kappa shape index (κ2) is 4.71. The van der Waals surface area contributed by atoms with E-state index in [0.29, 0.717) is 18.7 Å². The predicted octanol–water partition coefficient (Wildman–Crippen LogP) is 0.767. The molecule has 1 fully saturated rings. The van der Waals surface area contributed by atoms with Gasteiger partial charge in [-0.1, -0.05) is 0 Å². The third-order valence-corrected chi connectivity index (χ3v) is 2.66. The molecule has 2 rings (SSSR count). The molecular formula is C11H10N4O3. The Bertz CT molecular complexity index is 550. The largest absolute Gasteiger partial charge is 0.380 e. The lowest BCUT2D eigenvalue weighted by Gasteiger charge is -2.11. The molecule has 1 aromatic carbocycles. The topological polar surface area (TPSA) is 108 Å². The fourth-order valence-corrected chi connectivity index (χ4v) is 1.82. The van der Waals surface area contributed by atoms with Gasteiger partial charge in [0.05, 0.1) is 11.0 Å². The minimum atomic E-state index is -0.594. The minimum absolute atomic E-state index is 0.00211. The van der Waals surface area contributed by atoms with E-state index >= 15 is 0 Å². The van der Waals surface area contributed by atoms with Gasteiger partial charge in [0.15, 0.2) is 0 Å². The van der Waals surface area contributed by atoms with E-state index in [4.69, 9.17) is 5.26 Å². The lowest BCUT2D eigenvalue weighted by Crippen LogP contribution is -2.22. The van der Waals surface area contributed by atoms with Crippen LogP contribution in [-0.4, -0.2) is 23.4 Å². The molecule has 18 heavy (non-hydrogen) atoms. The number of rotatable bonds is 3. The van der Waals surface area contributed by atoms with E-state index in [1.165, 1.54) is 18.2 Å². The van der Waals surface area contributed by atoms with Gasteiger partial charge < -0.3 is 10.6 Å². The second-order valence-corrected chi connectivity index (χ2v) is 3.95. The van der Waals surface area contributed by atoms with Gasteiger partial charge in [-0.25, -0.2) is 0 Å². The molecule has 92 valence electrons. The van der Waals surface area contributed by atoms with E-state index in [0.717, 1.165) is 0 Å².